The lowest BCUT2D eigenvalue weighted by Crippen LogP contribution is -2.17. The molecule has 0 amide bonds. The van der Waals surface area contributed by atoms with Crippen LogP contribution in [0.3, 0.4) is 0 Å². The monoisotopic (exact) mass is 462 g/mol. The standard InChI is InChI=1S/C26H46N4O3/c1-22(31)19-20-24(23(2)32)21-25(33)17-15-13-11-9-7-5-3-4-6-8-10-12-14-16-18-26-27-29-30-28-26/h24H,3-21H2,1-2H3,(H,27,28,29,30)/t24-/m1/s1. The predicted octanol–water partition coefficient (Wildman–Crippen LogP) is 6.13. The summed E-state index contributed by atoms with van der Waals surface area (Å²) in [5.74, 6) is 0.832. The zero-order chi connectivity index (χ0) is 24.2. The van der Waals surface area contributed by atoms with Crippen LogP contribution in [0.15, 0.2) is 0 Å². The SMILES string of the molecule is CC(=O)CC[C@H](CC(=O)CCCCCCCCCCCCCCCCc1nn[nH]n1)C(C)=O. The predicted molar refractivity (Wildman–Crippen MR) is 131 cm³/mol. The van der Waals surface area contributed by atoms with Gasteiger partial charge in [0.15, 0.2) is 5.82 Å². The van der Waals surface area contributed by atoms with E-state index in [1.165, 1.54) is 84.5 Å². The Morgan fingerprint density at radius 1 is 0.727 bits per heavy atom. The Balaban J connectivity index is 1.82. The number of unbranched alkanes of at least 4 members (excludes halogenated alkanes) is 13. The van der Waals surface area contributed by atoms with Crippen molar-refractivity contribution in [3.63, 3.8) is 0 Å². The molecule has 0 radical (unpaired) electrons. The van der Waals surface area contributed by atoms with E-state index in [2.05, 4.69) is 20.6 Å². The molecule has 1 aromatic rings. The lowest BCUT2D eigenvalue weighted by atomic mass is 9.91. The summed E-state index contributed by atoms with van der Waals surface area (Å²) in [7, 11) is 0. The summed E-state index contributed by atoms with van der Waals surface area (Å²) in [5, 5.41) is 14.0. The summed E-state index contributed by atoms with van der Waals surface area (Å²) in [4.78, 5) is 34.9. The molecule has 0 aliphatic carbocycles. The molecule has 0 aliphatic heterocycles. The van der Waals surface area contributed by atoms with Crippen LogP contribution in [0.5, 0.6) is 0 Å². The fourth-order valence-corrected chi connectivity index (χ4v) is 4.22. The lowest BCUT2D eigenvalue weighted by molar-refractivity contribution is -0.127. The van der Waals surface area contributed by atoms with Gasteiger partial charge in [0.05, 0.1) is 0 Å². The van der Waals surface area contributed by atoms with Crippen molar-refractivity contribution in [1.82, 2.24) is 20.6 Å². The zero-order valence-electron chi connectivity index (χ0n) is 21.1. The molecule has 0 aromatic carbocycles. The van der Waals surface area contributed by atoms with Crippen molar-refractivity contribution in [2.45, 2.75) is 136 Å². The molecular weight excluding hydrogens is 416 g/mol. The normalized spacial score (nSPS) is 12.1. The Bertz CT molecular complexity index is 646. The van der Waals surface area contributed by atoms with Crippen LogP contribution in [0.25, 0.3) is 0 Å². The summed E-state index contributed by atoms with van der Waals surface area (Å²) in [6, 6.07) is 0. The number of aromatic amines is 1. The van der Waals surface area contributed by atoms with E-state index < -0.39 is 0 Å². The van der Waals surface area contributed by atoms with Crippen molar-refractivity contribution in [3.05, 3.63) is 5.82 Å². The van der Waals surface area contributed by atoms with E-state index in [0.29, 0.717) is 25.7 Å². The van der Waals surface area contributed by atoms with E-state index in [-0.39, 0.29) is 23.3 Å². The Labute approximate surface area is 200 Å². The average Bonchev–Trinajstić information content (AvgIpc) is 3.29. The van der Waals surface area contributed by atoms with Crippen LogP contribution in [0.2, 0.25) is 0 Å². The Morgan fingerprint density at radius 3 is 1.70 bits per heavy atom. The van der Waals surface area contributed by atoms with E-state index in [0.717, 1.165) is 31.5 Å². The largest absolute Gasteiger partial charge is 0.300 e. The second-order valence-electron chi connectivity index (χ2n) is 9.57. The van der Waals surface area contributed by atoms with E-state index in [1.54, 1.807) is 0 Å². The van der Waals surface area contributed by atoms with Crippen LogP contribution in [-0.2, 0) is 20.8 Å². The molecule has 0 bridgehead atoms. The van der Waals surface area contributed by atoms with Crippen LogP contribution in [0, 0.1) is 5.92 Å². The second-order valence-corrected chi connectivity index (χ2v) is 9.57. The van der Waals surface area contributed by atoms with Gasteiger partial charge in [0.2, 0.25) is 0 Å². The van der Waals surface area contributed by atoms with E-state index >= 15 is 0 Å². The van der Waals surface area contributed by atoms with Crippen molar-refractivity contribution >= 4 is 17.3 Å². The van der Waals surface area contributed by atoms with Crippen molar-refractivity contribution in [1.29, 1.82) is 0 Å². The van der Waals surface area contributed by atoms with Crippen molar-refractivity contribution < 1.29 is 14.4 Å². The Morgan fingerprint density at radius 2 is 1.24 bits per heavy atom. The summed E-state index contributed by atoms with van der Waals surface area (Å²) >= 11 is 0. The van der Waals surface area contributed by atoms with Gasteiger partial charge >= 0.3 is 0 Å². The number of nitrogens with one attached hydrogen (secondary N) is 1. The van der Waals surface area contributed by atoms with Gasteiger partial charge in [-0.15, -0.1) is 10.2 Å². The highest BCUT2D eigenvalue weighted by Crippen LogP contribution is 2.17. The summed E-state index contributed by atoms with van der Waals surface area (Å²) < 4.78 is 0. The van der Waals surface area contributed by atoms with Gasteiger partial charge in [-0.1, -0.05) is 82.3 Å². The second kappa shape index (κ2) is 19.5. The number of nitrogens with zero attached hydrogens (tertiary/aromatic N) is 3. The molecule has 0 saturated carbocycles. The highest BCUT2D eigenvalue weighted by atomic mass is 16.1. The molecule has 0 saturated heterocycles. The van der Waals surface area contributed by atoms with Gasteiger partial charge in [-0.05, 0) is 33.1 Å². The van der Waals surface area contributed by atoms with Gasteiger partial charge in [0, 0.05) is 31.6 Å². The first-order valence-electron chi connectivity index (χ1n) is 13.2. The molecule has 7 heteroatoms. The van der Waals surface area contributed by atoms with Gasteiger partial charge in [0.1, 0.15) is 17.3 Å². The molecule has 1 aromatic heterocycles. The fourth-order valence-electron chi connectivity index (χ4n) is 4.22. The first-order chi connectivity index (χ1) is 16.0. The highest BCUT2D eigenvalue weighted by Gasteiger charge is 2.18. The number of tetrazole rings is 1. The minimum atomic E-state index is -0.274. The molecule has 1 atom stereocenters. The van der Waals surface area contributed by atoms with Crippen LogP contribution >= 0.6 is 0 Å². The summed E-state index contributed by atoms with van der Waals surface area (Å²) in [6.45, 7) is 3.06. The molecule has 0 unspecified atom stereocenters. The maximum Gasteiger partial charge on any atom is 0.174 e. The van der Waals surface area contributed by atoms with Crippen molar-refractivity contribution in [3.8, 4) is 0 Å². The first kappa shape index (κ1) is 29.1. The van der Waals surface area contributed by atoms with E-state index in [4.69, 9.17) is 0 Å². The molecule has 0 spiro atoms. The van der Waals surface area contributed by atoms with E-state index in [9.17, 15) is 14.4 Å². The number of Topliss-reactive ketones (excluding diaryl/α,β-unsaturated/α-hetero) is 3. The first-order valence-corrected chi connectivity index (χ1v) is 13.2. The van der Waals surface area contributed by atoms with Gasteiger partial charge in [-0.25, -0.2) is 0 Å². The van der Waals surface area contributed by atoms with Crippen LogP contribution in [0.1, 0.15) is 135 Å². The number of rotatable bonds is 23. The smallest absolute Gasteiger partial charge is 0.174 e. The number of carbonyl (C=O) groups is 3. The number of aromatic nitrogens is 4. The third kappa shape index (κ3) is 17.3. The fraction of sp³-hybridized carbons (Fsp3) is 0.846. The third-order valence-corrected chi connectivity index (χ3v) is 6.39. The molecule has 1 rings (SSSR count). The molecule has 188 valence electrons. The quantitative estimate of drug-likeness (QED) is 0.196. The van der Waals surface area contributed by atoms with Crippen LogP contribution in [0.4, 0.5) is 0 Å². The minimum absolute atomic E-state index is 0.0292. The van der Waals surface area contributed by atoms with Crippen LogP contribution < -0.4 is 0 Å². The Kier molecular flexibility index (Phi) is 17.2. The third-order valence-electron chi connectivity index (χ3n) is 6.39. The summed E-state index contributed by atoms with van der Waals surface area (Å²) in [5.41, 5.74) is 0. The summed E-state index contributed by atoms with van der Waals surface area (Å²) in [6.07, 6.45) is 20.2. The molecule has 1 N–H and O–H groups in total. The average molecular weight is 463 g/mol. The zero-order valence-corrected chi connectivity index (χ0v) is 21.1. The maximum atomic E-state index is 12.1. The molecule has 0 fully saturated rings. The van der Waals surface area contributed by atoms with Gasteiger partial charge in [0.25, 0.3) is 0 Å². The Hall–Kier alpha value is -1.92. The van der Waals surface area contributed by atoms with Crippen molar-refractivity contribution in [2.75, 3.05) is 0 Å². The maximum absolute atomic E-state index is 12.1. The van der Waals surface area contributed by atoms with Gasteiger partial charge in [-0.2, -0.15) is 5.21 Å². The number of aryl methyl sites for hydroxylation is 1. The van der Waals surface area contributed by atoms with Crippen molar-refractivity contribution in [2.24, 2.45) is 5.92 Å². The molecule has 7 nitrogen and oxygen atoms in total. The van der Waals surface area contributed by atoms with Gasteiger partial charge < -0.3 is 4.79 Å². The van der Waals surface area contributed by atoms with E-state index in [1.807, 2.05) is 0 Å². The molecule has 0 aliphatic rings. The van der Waals surface area contributed by atoms with Gasteiger partial charge in [-0.3, -0.25) is 9.59 Å². The minimum Gasteiger partial charge on any atom is -0.300 e. The topological polar surface area (TPSA) is 106 Å². The number of carbonyl (C=O) groups excluding carboxylic acids is 3. The highest BCUT2D eigenvalue weighted by molar-refractivity contribution is 5.87. The molecule has 1 heterocycles. The number of hydrogen-bond acceptors (Lipinski definition) is 6. The van der Waals surface area contributed by atoms with Crippen LogP contribution in [-0.4, -0.2) is 38.0 Å². The number of hydrogen-bond donors (Lipinski definition) is 1. The molecule has 33 heavy (non-hydrogen) atoms. The lowest BCUT2D eigenvalue weighted by Gasteiger charge is -2.12. The number of ketones is 3. The molecular formula is C26H46N4O3. The number of H-pyrrole nitrogens is 1.